The van der Waals surface area contributed by atoms with Gasteiger partial charge in [0.05, 0.1) is 30.3 Å². The number of sulfonamides is 1. The SMILES string of the molecule is Cc1ccc(CN(c2ccc(C(=O)N/N=C\c3ccc(C(=O)O)cc3)cc2)S(C)(=O)=O)cc1. The molecule has 0 spiro atoms. The maximum Gasteiger partial charge on any atom is 0.335 e. The maximum atomic E-state index is 12.4. The highest BCUT2D eigenvalue weighted by atomic mass is 32.2. The first-order valence-electron chi connectivity index (χ1n) is 9.93. The number of hydrogen-bond acceptors (Lipinski definition) is 5. The van der Waals surface area contributed by atoms with E-state index >= 15 is 0 Å². The Kier molecular flexibility index (Phi) is 7.24. The van der Waals surface area contributed by atoms with Crippen LogP contribution >= 0.6 is 0 Å². The molecule has 170 valence electrons. The van der Waals surface area contributed by atoms with E-state index < -0.39 is 21.9 Å². The van der Waals surface area contributed by atoms with E-state index in [0.717, 1.165) is 17.4 Å². The predicted molar refractivity (Wildman–Crippen MR) is 127 cm³/mol. The molecular weight excluding hydrogens is 442 g/mol. The fourth-order valence-electron chi connectivity index (χ4n) is 2.98. The van der Waals surface area contributed by atoms with Crippen LogP contribution in [0.5, 0.6) is 0 Å². The first-order chi connectivity index (χ1) is 15.6. The molecule has 0 aliphatic heterocycles. The van der Waals surface area contributed by atoms with Gasteiger partial charge in [-0.05, 0) is 54.4 Å². The largest absolute Gasteiger partial charge is 0.478 e. The predicted octanol–water partition coefficient (Wildman–Crippen LogP) is 3.42. The van der Waals surface area contributed by atoms with E-state index in [4.69, 9.17) is 5.11 Å². The first kappa shape index (κ1) is 23.7. The first-order valence-corrected chi connectivity index (χ1v) is 11.8. The van der Waals surface area contributed by atoms with Crippen molar-refractivity contribution in [1.82, 2.24) is 5.43 Å². The van der Waals surface area contributed by atoms with Gasteiger partial charge in [-0.25, -0.2) is 18.6 Å². The van der Waals surface area contributed by atoms with Gasteiger partial charge in [-0.2, -0.15) is 5.10 Å². The van der Waals surface area contributed by atoms with Crippen LogP contribution in [0.3, 0.4) is 0 Å². The van der Waals surface area contributed by atoms with Crippen LogP contribution in [0.2, 0.25) is 0 Å². The second kappa shape index (κ2) is 10.1. The smallest absolute Gasteiger partial charge is 0.335 e. The number of amides is 1. The summed E-state index contributed by atoms with van der Waals surface area (Å²) in [6.07, 6.45) is 2.53. The monoisotopic (exact) mass is 465 g/mol. The van der Waals surface area contributed by atoms with Crippen LogP contribution in [0.25, 0.3) is 0 Å². The molecule has 0 fully saturated rings. The molecule has 33 heavy (non-hydrogen) atoms. The summed E-state index contributed by atoms with van der Waals surface area (Å²) in [5.74, 6) is -1.49. The van der Waals surface area contributed by atoms with Gasteiger partial charge in [0.25, 0.3) is 5.91 Å². The van der Waals surface area contributed by atoms with Gasteiger partial charge >= 0.3 is 5.97 Å². The molecule has 0 heterocycles. The number of aryl methyl sites for hydroxylation is 1. The molecule has 0 atom stereocenters. The van der Waals surface area contributed by atoms with Crippen LogP contribution < -0.4 is 9.73 Å². The Hall–Kier alpha value is -3.98. The Balaban J connectivity index is 1.68. The lowest BCUT2D eigenvalue weighted by atomic mass is 10.1. The minimum Gasteiger partial charge on any atom is -0.478 e. The van der Waals surface area contributed by atoms with E-state index in [0.29, 0.717) is 16.8 Å². The molecular formula is C24H23N3O5S. The highest BCUT2D eigenvalue weighted by Gasteiger charge is 2.18. The lowest BCUT2D eigenvalue weighted by Crippen LogP contribution is -2.29. The second-order valence-electron chi connectivity index (χ2n) is 7.43. The Morgan fingerprint density at radius 2 is 1.52 bits per heavy atom. The summed E-state index contributed by atoms with van der Waals surface area (Å²) < 4.78 is 26.0. The fraction of sp³-hybridized carbons (Fsp3) is 0.125. The standard InChI is InChI=1S/C24H23N3O5S/c1-17-3-5-19(6-4-17)16-27(33(2,31)32)22-13-11-20(12-14-22)23(28)26-25-15-18-7-9-21(10-8-18)24(29)30/h3-15H,16H2,1-2H3,(H,26,28)(H,29,30)/b25-15-. The number of rotatable bonds is 8. The molecule has 8 nitrogen and oxygen atoms in total. The third-order valence-electron chi connectivity index (χ3n) is 4.80. The van der Waals surface area contributed by atoms with Crippen molar-refractivity contribution in [2.24, 2.45) is 5.10 Å². The molecule has 1 amide bonds. The summed E-state index contributed by atoms with van der Waals surface area (Å²) in [5.41, 5.74) is 5.84. The van der Waals surface area contributed by atoms with E-state index in [1.54, 1.807) is 24.3 Å². The highest BCUT2D eigenvalue weighted by Crippen LogP contribution is 2.21. The molecule has 3 aromatic rings. The number of hydrazone groups is 1. The van der Waals surface area contributed by atoms with Gasteiger partial charge in [0.15, 0.2) is 0 Å². The third-order valence-corrected chi connectivity index (χ3v) is 5.94. The van der Waals surface area contributed by atoms with Crippen molar-refractivity contribution >= 4 is 33.8 Å². The lowest BCUT2D eigenvalue weighted by molar-refractivity contribution is 0.0696. The van der Waals surface area contributed by atoms with Crippen molar-refractivity contribution in [3.8, 4) is 0 Å². The second-order valence-corrected chi connectivity index (χ2v) is 9.34. The molecule has 2 N–H and O–H groups in total. The lowest BCUT2D eigenvalue weighted by Gasteiger charge is -2.22. The van der Waals surface area contributed by atoms with Gasteiger partial charge in [0, 0.05) is 5.56 Å². The number of aromatic carboxylic acids is 1. The van der Waals surface area contributed by atoms with Crippen LogP contribution in [0.4, 0.5) is 5.69 Å². The van der Waals surface area contributed by atoms with Crippen LogP contribution in [-0.4, -0.2) is 37.9 Å². The average Bonchev–Trinajstić information content (AvgIpc) is 2.78. The normalized spacial score (nSPS) is 11.3. The number of anilines is 1. The maximum absolute atomic E-state index is 12.4. The van der Waals surface area contributed by atoms with E-state index in [-0.39, 0.29) is 12.1 Å². The van der Waals surface area contributed by atoms with E-state index in [9.17, 15) is 18.0 Å². The van der Waals surface area contributed by atoms with Gasteiger partial charge in [-0.3, -0.25) is 9.10 Å². The third kappa shape index (κ3) is 6.50. The summed E-state index contributed by atoms with van der Waals surface area (Å²) in [5, 5.41) is 12.8. The summed E-state index contributed by atoms with van der Waals surface area (Å²) >= 11 is 0. The summed E-state index contributed by atoms with van der Waals surface area (Å²) in [6, 6.07) is 19.8. The zero-order valence-corrected chi connectivity index (χ0v) is 18.9. The molecule has 0 unspecified atom stereocenters. The van der Waals surface area contributed by atoms with Crippen LogP contribution in [0.15, 0.2) is 77.9 Å². The highest BCUT2D eigenvalue weighted by molar-refractivity contribution is 7.92. The molecule has 0 aliphatic rings. The Morgan fingerprint density at radius 3 is 2.06 bits per heavy atom. The summed E-state index contributed by atoms with van der Waals surface area (Å²) in [4.78, 5) is 23.2. The topological polar surface area (TPSA) is 116 Å². The molecule has 3 rings (SSSR count). The van der Waals surface area contributed by atoms with Gasteiger partial charge in [0.1, 0.15) is 0 Å². The van der Waals surface area contributed by atoms with Crippen LogP contribution in [-0.2, 0) is 16.6 Å². The number of nitrogens with one attached hydrogen (secondary N) is 1. The van der Waals surface area contributed by atoms with Gasteiger partial charge in [0.2, 0.25) is 10.0 Å². The van der Waals surface area contributed by atoms with Gasteiger partial charge in [-0.1, -0.05) is 42.0 Å². The molecule has 0 saturated carbocycles. The van der Waals surface area contributed by atoms with Crippen molar-refractivity contribution in [3.05, 3.63) is 101 Å². The zero-order chi connectivity index (χ0) is 24.0. The number of carbonyl (C=O) groups excluding carboxylic acids is 1. The number of hydrogen-bond donors (Lipinski definition) is 2. The number of carbonyl (C=O) groups is 2. The Bertz CT molecular complexity index is 1270. The molecule has 0 radical (unpaired) electrons. The number of carboxylic acid groups (broad SMARTS) is 1. The number of benzene rings is 3. The molecule has 0 saturated heterocycles. The number of nitrogens with zero attached hydrogens (tertiary/aromatic N) is 2. The Labute approximate surface area is 192 Å². The van der Waals surface area contributed by atoms with Crippen LogP contribution in [0, 0.1) is 6.92 Å². The van der Waals surface area contributed by atoms with Crippen molar-refractivity contribution in [3.63, 3.8) is 0 Å². The summed E-state index contributed by atoms with van der Waals surface area (Å²) in [6.45, 7) is 2.14. The van der Waals surface area contributed by atoms with E-state index in [1.807, 2.05) is 31.2 Å². The van der Waals surface area contributed by atoms with Gasteiger partial charge < -0.3 is 5.11 Å². The molecule has 3 aromatic carbocycles. The molecule has 9 heteroatoms. The average molecular weight is 466 g/mol. The molecule has 0 aromatic heterocycles. The van der Waals surface area contributed by atoms with Crippen molar-refractivity contribution < 1.29 is 23.1 Å². The molecule has 0 aliphatic carbocycles. The molecule has 0 bridgehead atoms. The van der Waals surface area contributed by atoms with Gasteiger partial charge in [-0.15, -0.1) is 0 Å². The van der Waals surface area contributed by atoms with Crippen LogP contribution in [0.1, 0.15) is 37.4 Å². The van der Waals surface area contributed by atoms with E-state index in [2.05, 4.69) is 10.5 Å². The van der Waals surface area contributed by atoms with Crippen molar-refractivity contribution in [1.29, 1.82) is 0 Å². The minimum absolute atomic E-state index is 0.154. The fourth-order valence-corrected chi connectivity index (χ4v) is 3.87. The zero-order valence-electron chi connectivity index (χ0n) is 18.1. The summed E-state index contributed by atoms with van der Waals surface area (Å²) in [7, 11) is -3.54. The minimum atomic E-state index is -3.54. The van der Waals surface area contributed by atoms with E-state index in [1.165, 1.54) is 34.8 Å². The van der Waals surface area contributed by atoms with Crippen molar-refractivity contribution in [2.75, 3.05) is 10.6 Å². The van der Waals surface area contributed by atoms with Crippen molar-refractivity contribution in [2.45, 2.75) is 13.5 Å². The quantitative estimate of drug-likeness (QED) is 0.391. The Morgan fingerprint density at radius 1 is 0.939 bits per heavy atom. The number of carboxylic acids is 1.